The number of benzene rings is 1. The number of carbonyl (C=O) groups is 3. The van der Waals surface area contributed by atoms with Crippen molar-refractivity contribution in [3.63, 3.8) is 0 Å². The Bertz CT molecular complexity index is 1230. The molecule has 208 valence electrons. The number of carbonyl (C=O) groups excluding carboxylic acids is 3. The van der Waals surface area contributed by atoms with Crippen molar-refractivity contribution in [2.45, 2.75) is 66.3 Å². The van der Waals surface area contributed by atoms with Gasteiger partial charge < -0.3 is 19.1 Å². The number of alkyl halides is 3. The first-order chi connectivity index (χ1) is 17.6. The number of halogens is 3. The van der Waals surface area contributed by atoms with Crippen molar-refractivity contribution >= 4 is 96.0 Å². The second kappa shape index (κ2) is 12.4. The van der Waals surface area contributed by atoms with Gasteiger partial charge >= 0.3 is 12.1 Å². The van der Waals surface area contributed by atoms with Gasteiger partial charge in [0.2, 0.25) is 9.70 Å². The minimum Gasteiger partial charge on any atom is -0.458 e. The SMILES string of the molecule is C=C(C)[C@H](C(=O)OC(C)(C)C)N1C[C@H](SSc2cccc3sc(C(C)OC(=O)OCC(Cl)(Cl)Cl)nc23)C1=O. The third-order valence-electron chi connectivity index (χ3n) is 4.96. The summed E-state index contributed by atoms with van der Waals surface area (Å²) >= 11 is 18.1. The third-order valence-corrected chi connectivity index (χ3v) is 9.18. The second-order valence-corrected chi connectivity index (χ2v) is 15.5. The van der Waals surface area contributed by atoms with E-state index in [2.05, 4.69) is 11.6 Å². The molecule has 3 atom stereocenters. The summed E-state index contributed by atoms with van der Waals surface area (Å²) in [6, 6.07) is 4.90. The molecule has 1 aliphatic rings. The van der Waals surface area contributed by atoms with E-state index in [1.807, 2.05) is 18.2 Å². The van der Waals surface area contributed by atoms with E-state index in [0.717, 1.165) is 15.1 Å². The number of fused-ring (bicyclic) bond motifs is 1. The predicted molar refractivity (Wildman–Crippen MR) is 154 cm³/mol. The number of rotatable bonds is 9. The highest BCUT2D eigenvalue weighted by atomic mass is 35.6. The zero-order chi connectivity index (χ0) is 28.4. The lowest BCUT2D eigenvalue weighted by Crippen LogP contribution is -2.61. The van der Waals surface area contributed by atoms with Gasteiger partial charge in [0, 0.05) is 11.4 Å². The topological polar surface area (TPSA) is 95.0 Å². The average molecular weight is 642 g/mol. The van der Waals surface area contributed by atoms with Crippen molar-refractivity contribution in [2.75, 3.05) is 13.2 Å². The van der Waals surface area contributed by atoms with E-state index in [9.17, 15) is 14.4 Å². The average Bonchev–Trinajstić information content (AvgIpc) is 3.22. The molecule has 8 nitrogen and oxygen atoms in total. The number of esters is 1. The van der Waals surface area contributed by atoms with Gasteiger partial charge in [-0.15, -0.1) is 11.3 Å². The number of likely N-dealkylation sites (tertiary alicyclic amines) is 1. The molecule has 0 saturated carbocycles. The molecular weight excluding hydrogens is 615 g/mol. The summed E-state index contributed by atoms with van der Waals surface area (Å²) in [5.41, 5.74) is 0.615. The second-order valence-electron chi connectivity index (χ2n) is 9.51. The molecule has 1 aromatic heterocycles. The fourth-order valence-electron chi connectivity index (χ4n) is 3.34. The van der Waals surface area contributed by atoms with E-state index in [1.165, 1.54) is 37.8 Å². The monoisotopic (exact) mass is 640 g/mol. The van der Waals surface area contributed by atoms with Gasteiger partial charge in [-0.3, -0.25) is 4.79 Å². The Balaban J connectivity index is 1.62. The maximum atomic E-state index is 12.9. The van der Waals surface area contributed by atoms with Gasteiger partial charge in [0.05, 0.1) is 10.2 Å². The summed E-state index contributed by atoms with van der Waals surface area (Å²) in [6.45, 7) is 12.6. The Kier molecular flexibility index (Phi) is 10.2. The fourth-order valence-corrected chi connectivity index (χ4v) is 7.06. The van der Waals surface area contributed by atoms with E-state index in [1.54, 1.807) is 34.6 Å². The maximum absolute atomic E-state index is 12.9. The Hall–Kier alpha value is -1.37. The molecule has 0 aliphatic carbocycles. The van der Waals surface area contributed by atoms with Gasteiger partial charge in [0.1, 0.15) is 22.5 Å². The van der Waals surface area contributed by atoms with Crippen LogP contribution in [0, 0.1) is 0 Å². The number of β-lactam (4-membered cyclic amide) rings is 1. The minimum atomic E-state index is -1.73. The summed E-state index contributed by atoms with van der Waals surface area (Å²) in [4.78, 5) is 44.5. The van der Waals surface area contributed by atoms with Crippen LogP contribution in [0.15, 0.2) is 35.2 Å². The van der Waals surface area contributed by atoms with E-state index >= 15 is 0 Å². The molecule has 0 spiro atoms. The maximum Gasteiger partial charge on any atom is 0.509 e. The van der Waals surface area contributed by atoms with Crippen LogP contribution in [0.3, 0.4) is 0 Å². The molecule has 2 heterocycles. The van der Waals surface area contributed by atoms with Crippen molar-refractivity contribution in [3.05, 3.63) is 35.4 Å². The van der Waals surface area contributed by atoms with Gasteiger partial charge in [-0.05, 0) is 52.3 Å². The zero-order valence-corrected chi connectivity index (χ0v) is 26.0. The molecule has 1 aliphatic heterocycles. The van der Waals surface area contributed by atoms with Crippen molar-refractivity contribution in [1.29, 1.82) is 0 Å². The lowest BCUT2D eigenvalue weighted by Gasteiger charge is -2.42. The van der Waals surface area contributed by atoms with E-state index in [-0.39, 0.29) is 11.2 Å². The molecule has 1 saturated heterocycles. The Morgan fingerprint density at radius 3 is 2.55 bits per heavy atom. The lowest BCUT2D eigenvalue weighted by atomic mass is 10.0. The first-order valence-corrected chi connectivity index (χ1v) is 15.5. The van der Waals surface area contributed by atoms with Crippen LogP contribution in [0.2, 0.25) is 0 Å². The first-order valence-electron chi connectivity index (χ1n) is 11.4. The number of thiazole rings is 1. The van der Waals surface area contributed by atoms with Crippen LogP contribution in [0.25, 0.3) is 10.2 Å². The minimum absolute atomic E-state index is 0.150. The van der Waals surface area contributed by atoms with Crippen molar-refractivity contribution < 1.29 is 28.6 Å². The molecule has 2 aromatic rings. The summed E-state index contributed by atoms with van der Waals surface area (Å²) in [5, 5.41) is 0.240. The van der Waals surface area contributed by atoms with Crippen LogP contribution < -0.4 is 0 Å². The number of hydrogen-bond acceptors (Lipinski definition) is 10. The molecule has 0 radical (unpaired) electrons. The summed E-state index contributed by atoms with van der Waals surface area (Å²) in [7, 11) is 2.83. The lowest BCUT2D eigenvalue weighted by molar-refractivity contribution is -0.166. The number of nitrogens with zero attached hydrogens (tertiary/aromatic N) is 2. The fraction of sp³-hybridized carbons (Fsp3) is 0.500. The largest absolute Gasteiger partial charge is 0.509 e. The molecule has 1 amide bonds. The highest BCUT2D eigenvalue weighted by Gasteiger charge is 2.45. The molecule has 1 aromatic carbocycles. The van der Waals surface area contributed by atoms with E-state index in [0.29, 0.717) is 17.1 Å². The number of ether oxygens (including phenoxy) is 3. The smallest absolute Gasteiger partial charge is 0.458 e. The predicted octanol–water partition coefficient (Wildman–Crippen LogP) is 7.12. The summed E-state index contributed by atoms with van der Waals surface area (Å²) in [6.07, 6.45) is -1.66. The number of amides is 1. The van der Waals surface area contributed by atoms with Gasteiger partial charge in [-0.25, -0.2) is 14.6 Å². The molecule has 0 bridgehead atoms. The number of hydrogen-bond donors (Lipinski definition) is 0. The Morgan fingerprint density at radius 2 is 1.97 bits per heavy atom. The van der Waals surface area contributed by atoms with Gasteiger partial charge in [-0.2, -0.15) is 0 Å². The first kappa shape index (κ1) is 31.2. The Labute approximate surface area is 248 Å². The Morgan fingerprint density at radius 1 is 1.29 bits per heavy atom. The van der Waals surface area contributed by atoms with Crippen LogP contribution in [-0.4, -0.2) is 61.8 Å². The molecule has 3 rings (SSSR count). The standard InChI is InChI=1S/C24H27Cl3N2O6S3/c1-12(2)18(21(31)35-23(4,5)6)29-10-16(20(29)30)38-37-15-9-7-8-14-17(15)28-19(36-14)13(3)34-22(32)33-11-24(25,26)27/h7-9,13,16,18H,1,10-11H2,2-6H3/t13?,16-,18+/m0/s1. The van der Waals surface area contributed by atoms with Crippen LogP contribution in [0.4, 0.5) is 4.79 Å². The van der Waals surface area contributed by atoms with Crippen LogP contribution in [0.1, 0.15) is 45.7 Å². The molecule has 14 heteroatoms. The van der Waals surface area contributed by atoms with Gasteiger partial charge in [-0.1, -0.05) is 69.0 Å². The van der Waals surface area contributed by atoms with Crippen molar-refractivity contribution in [1.82, 2.24) is 9.88 Å². The number of aromatic nitrogens is 1. The highest BCUT2D eigenvalue weighted by Crippen LogP contribution is 2.43. The van der Waals surface area contributed by atoms with Crippen molar-refractivity contribution in [2.24, 2.45) is 0 Å². The molecule has 1 unspecified atom stereocenters. The van der Waals surface area contributed by atoms with Crippen molar-refractivity contribution in [3.8, 4) is 0 Å². The molecule has 1 fully saturated rings. The number of para-hydroxylation sites is 1. The van der Waals surface area contributed by atoms with E-state index in [4.69, 9.17) is 49.0 Å². The quantitative estimate of drug-likeness (QED) is 0.0933. The van der Waals surface area contributed by atoms with Crippen LogP contribution in [0.5, 0.6) is 0 Å². The van der Waals surface area contributed by atoms with Gasteiger partial charge in [0.15, 0.2) is 12.1 Å². The third kappa shape index (κ3) is 8.32. The van der Waals surface area contributed by atoms with Crippen LogP contribution in [-0.2, 0) is 23.8 Å². The van der Waals surface area contributed by atoms with Gasteiger partial charge in [0.25, 0.3) is 0 Å². The van der Waals surface area contributed by atoms with Crippen LogP contribution >= 0.6 is 67.7 Å². The zero-order valence-electron chi connectivity index (χ0n) is 21.3. The normalized spacial score (nSPS) is 17.5. The summed E-state index contributed by atoms with van der Waals surface area (Å²) in [5.74, 6) is -0.635. The highest BCUT2D eigenvalue weighted by molar-refractivity contribution is 8.77. The van der Waals surface area contributed by atoms with E-state index < -0.39 is 40.3 Å². The summed E-state index contributed by atoms with van der Waals surface area (Å²) < 4.78 is 14.7. The molecular formula is C24H27Cl3N2O6S3. The molecule has 38 heavy (non-hydrogen) atoms. The molecule has 0 N–H and O–H groups in total.